The standard InChI is InChI=1S/C8H16S2/c1-2-4-6-8-10-9-7-5-3-1/h1-8H2. The van der Waals surface area contributed by atoms with E-state index >= 15 is 0 Å². The number of rotatable bonds is 0. The van der Waals surface area contributed by atoms with Crippen molar-refractivity contribution in [2.24, 2.45) is 0 Å². The highest BCUT2D eigenvalue weighted by molar-refractivity contribution is 8.76. The van der Waals surface area contributed by atoms with Gasteiger partial charge in [0.05, 0.1) is 0 Å². The van der Waals surface area contributed by atoms with Crippen molar-refractivity contribution < 1.29 is 0 Å². The molecular weight excluding hydrogens is 160 g/mol. The maximum Gasteiger partial charge on any atom is 0.00369 e. The SMILES string of the molecule is C1CCCCSSCCC1. The molecular formula is C8H16S2. The minimum absolute atomic E-state index is 1.38. The third-order valence-corrected chi connectivity index (χ3v) is 4.37. The molecule has 0 aromatic rings. The number of hydrogen-bond acceptors (Lipinski definition) is 2. The first-order valence-corrected chi connectivity index (χ1v) is 6.73. The Morgan fingerprint density at radius 3 is 1.40 bits per heavy atom. The van der Waals surface area contributed by atoms with E-state index < -0.39 is 0 Å². The van der Waals surface area contributed by atoms with Gasteiger partial charge in [0.1, 0.15) is 0 Å². The summed E-state index contributed by atoms with van der Waals surface area (Å²) >= 11 is 0. The quantitative estimate of drug-likeness (QED) is 0.516. The van der Waals surface area contributed by atoms with E-state index in [1.165, 1.54) is 50.0 Å². The summed E-state index contributed by atoms with van der Waals surface area (Å²) in [4.78, 5) is 0. The molecule has 0 atom stereocenters. The lowest BCUT2D eigenvalue weighted by Crippen LogP contribution is -1.86. The molecule has 1 rings (SSSR count). The van der Waals surface area contributed by atoms with Crippen LogP contribution in [0.4, 0.5) is 0 Å². The lowest BCUT2D eigenvalue weighted by molar-refractivity contribution is 0.629. The van der Waals surface area contributed by atoms with Gasteiger partial charge in [-0.3, -0.25) is 0 Å². The minimum Gasteiger partial charge on any atom is -0.0942 e. The first kappa shape index (κ1) is 8.79. The molecule has 60 valence electrons. The number of hydrogen-bond donors (Lipinski definition) is 0. The summed E-state index contributed by atoms with van der Waals surface area (Å²) in [6, 6.07) is 0. The van der Waals surface area contributed by atoms with Crippen molar-refractivity contribution in [1.29, 1.82) is 0 Å². The van der Waals surface area contributed by atoms with Crippen molar-refractivity contribution in [2.75, 3.05) is 11.5 Å². The fourth-order valence-electron chi connectivity index (χ4n) is 1.15. The summed E-state index contributed by atoms with van der Waals surface area (Å²) in [5, 5.41) is 0. The molecule has 0 aromatic heterocycles. The van der Waals surface area contributed by atoms with Gasteiger partial charge in [-0.05, 0) is 12.8 Å². The molecule has 1 heterocycles. The molecule has 1 aliphatic rings. The first-order valence-electron chi connectivity index (χ1n) is 4.24. The van der Waals surface area contributed by atoms with E-state index in [2.05, 4.69) is 21.6 Å². The van der Waals surface area contributed by atoms with Crippen molar-refractivity contribution in [3.05, 3.63) is 0 Å². The molecule has 0 bridgehead atoms. The van der Waals surface area contributed by atoms with Crippen LogP contribution in [0.25, 0.3) is 0 Å². The highest BCUT2D eigenvalue weighted by Gasteiger charge is 1.96. The average molecular weight is 176 g/mol. The molecule has 0 spiro atoms. The van der Waals surface area contributed by atoms with Gasteiger partial charge in [-0.1, -0.05) is 47.3 Å². The van der Waals surface area contributed by atoms with Crippen molar-refractivity contribution in [1.82, 2.24) is 0 Å². The molecule has 0 N–H and O–H groups in total. The Labute approximate surface area is 71.9 Å². The van der Waals surface area contributed by atoms with Crippen LogP contribution in [-0.2, 0) is 0 Å². The van der Waals surface area contributed by atoms with Crippen molar-refractivity contribution in [3.8, 4) is 0 Å². The monoisotopic (exact) mass is 176 g/mol. The van der Waals surface area contributed by atoms with Crippen molar-refractivity contribution in [3.63, 3.8) is 0 Å². The summed E-state index contributed by atoms with van der Waals surface area (Å²) in [7, 11) is 4.14. The average Bonchev–Trinajstić information content (AvgIpc) is 2.01. The summed E-state index contributed by atoms with van der Waals surface area (Å²) in [5.74, 6) is 2.76. The predicted molar refractivity (Wildman–Crippen MR) is 52.6 cm³/mol. The molecule has 0 saturated carbocycles. The van der Waals surface area contributed by atoms with Crippen LogP contribution in [-0.4, -0.2) is 11.5 Å². The van der Waals surface area contributed by atoms with Gasteiger partial charge >= 0.3 is 0 Å². The zero-order chi connectivity index (χ0) is 7.07. The second-order valence-electron chi connectivity index (χ2n) is 2.77. The molecule has 0 unspecified atom stereocenters. The van der Waals surface area contributed by atoms with Crippen LogP contribution in [0.2, 0.25) is 0 Å². The lowest BCUT2D eigenvalue weighted by atomic mass is 10.1. The molecule has 2 heteroatoms. The third-order valence-electron chi connectivity index (χ3n) is 1.79. The van der Waals surface area contributed by atoms with Gasteiger partial charge in [0, 0.05) is 11.5 Å². The van der Waals surface area contributed by atoms with Crippen LogP contribution in [0, 0.1) is 0 Å². The van der Waals surface area contributed by atoms with Crippen LogP contribution in [0.3, 0.4) is 0 Å². The fourth-order valence-corrected chi connectivity index (χ4v) is 3.44. The summed E-state index contributed by atoms with van der Waals surface area (Å²) in [6.07, 6.45) is 8.77. The minimum atomic E-state index is 1.38. The second-order valence-corrected chi connectivity index (χ2v) is 5.47. The molecule has 1 saturated heterocycles. The van der Waals surface area contributed by atoms with Crippen LogP contribution in [0.5, 0.6) is 0 Å². The van der Waals surface area contributed by atoms with E-state index in [1.807, 2.05) is 0 Å². The van der Waals surface area contributed by atoms with Gasteiger partial charge in [0.15, 0.2) is 0 Å². The molecule has 10 heavy (non-hydrogen) atoms. The van der Waals surface area contributed by atoms with Gasteiger partial charge in [0.25, 0.3) is 0 Å². The van der Waals surface area contributed by atoms with Gasteiger partial charge in [-0.2, -0.15) is 0 Å². The van der Waals surface area contributed by atoms with E-state index in [1.54, 1.807) is 0 Å². The smallest absolute Gasteiger partial charge is 0.00369 e. The maximum atomic E-state index is 2.07. The van der Waals surface area contributed by atoms with Crippen LogP contribution >= 0.6 is 21.6 Å². The molecule has 0 aromatic carbocycles. The fraction of sp³-hybridized carbons (Fsp3) is 1.00. The largest absolute Gasteiger partial charge is 0.0942 e. The summed E-state index contributed by atoms with van der Waals surface area (Å²) in [5.41, 5.74) is 0. The van der Waals surface area contributed by atoms with E-state index in [-0.39, 0.29) is 0 Å². The maximum absolute atomic E-state index is 2.07. The first-order chi connectivity index (χ1) is 5.00. The zero-order valence-corrected chi connectivity index (χ0v) is 8.11. The van der Waals surface area contributed by atoms with Crippen LogP contribution in [0.1, 0.15) is 38.5 Å². The summed E-state index contributed by atoms with van der Waals surface area (Å²) < 4.78 is 0. The molecule has 0 nitrogen and oxygen atoms in total. The van der Waals surface area contributed by atoms with E-state index in [9.17, 15) is 0 Å². The third kappa shape index (κ3) is 4.51. The van der Waals surface area contributed by atoms with Gasteiger partial charge in [0.2, 0.25) is 0 Å². The normalized spacial score (nSPS) is 24.0. The Balaban J connectivity index is 2.00. The van der Waals surface area contributed by atoms with Gasteiger partial charge < -0.3 is 0 Å². The second kappa shape index (κ2) is 6.41. The Bertz CT molecular complexity index is 40.4. The highest BCUT2D eigenvalue weighted by Crippen LogP contribution is 2.25. The molecule has 0 radical (unpaired) electrons. The lowest BCUT2D eigenvalue weighted by Gasteiger charge is -2.05. The molecule has 0 aliphatic carbocycles. The molecule has 0 amide bonds. The zero-order valence-electron chi connectivity index (χ0n) is 6.47. The van der Waals surface area contributed by atoms with Crippen molar-refractivity contribution in [2.45, 2.75) is 38.5 Å². The Kier molecular flexibility index (Phi) is 5.64. The Morgan fingerprint density at radius 1 is 0.500 bits per heavy atom. The predicted octanol–water partition coefficient (Wildman–Crippen LogP) is 3.72. The topological polar surface area (TPSA) is 0 Å². The Morgan fingerprint density at radius 2 is 0.900 bits per heavy atom. The highest BCUT2D eigenvalue weighted by atomic mass is 33.1. The molecule has 1 fully saturated rings. The van der Waals surface area contributed by atoms with E-state index in [0.717, 1.165) is 0 Å². The van der Waals surface area contributed by atoms with Crippen LogP contribution < -0.4 is 0 Å². The van der Waals surface area contributed by atoms with Crippen LogP contribution in [0.15, 0.2) is 0 Å². The Hall–Kier alpha value is 0.700. The van der Waals surface area contributed by atoms with Gasteiger partial charge in [-0.15, -0.1) is 0 Å². The van der Waals surface area contributed by atoms with Gasteiger partial charge in [-0.25, -0.2) is 0 Å². The molecule has 1 aliphatic heterocycles. The van der Waals surface area contributed by atoms with E-state index in [4.69, 9.17) is 0 Å². The van der Waals surface area contributed by atoms with Crippen molar-refractivity contribution >= 4 is 21.6 Å². The van der Waals surface area contributed by atoms with E-state index in [0.29, 0.717) is 0 Å². The summed E-state index contributed by atoms with van der Waals surface area (Å²) in [6.45, 7) is 0.